The monoisotopic (exact) mass is 412 g/mol. The molecule has 2 aliphatic rings. The Morgan fingerprint density at radius 3 is 2.17 bits per heavy atom. The van der Waals surface area contributed by atoms with E-state index < -0.39 is 0 Å². The lowest BCUT2D eigenvalue weighted by molar-refractivity contribution is -0.141. The number of ether oxygens (including phenoxy) is 2. The number of hydrogen-bond acceptors (Lipinski definition) is 4. The highest BCUT2D eigenvalue weighted by atomic mass is 19.1. The van der Waals surface area contributed by atoms with Gasteiger partial charge in [-0.3, -0.25) is 9.59 Å². The van der Waals surface area contributed by atoms with Crippen molar-refractivity contribution in [1.29, 1.82) is 0 Å². The van der Waals surface area contributed by atoms with Crippen molar-refractivity contribution >= 4 is 11.8 Å². The summed E-state index contributed by atoms with van der Waals surface area (Å²) in [4.78, 5) is 28.8. The molecule has 2 aromatic carbocycles. The van der Waals surface area contributed by atoms with Gasteiger partial charge in [-0.1, -0.05) is 12.1 Å². The molecule has 1 saturated carbocycles. The molecular formula is C23H25FN2O4. The number of carbonyl (C=O) groups is 2. The third-order valence-corrected chi connectivity index (χ3v) is 5.77. The average molecular weight is 412 g/mol. The SMILES string of the molecule is COc1ccc(OCC(=O)N2CCN(C(=O)C3CC3c3ccc(F)cc3)CC2)cc1. The maximum absolute atomic E-state index is 13.1. The largest absolute Gasteiger partial charge is 0.497 e. The summed E-state index contributed by atoms with van der Waals surface area (Å²) in [6.07, 6.45) is 0.805. The van der Waals surface area contributed by atoms with Crippen LogP contribution in [0.1, 0.15) is 17.9 Å². The predicted molar refractivity (Wildman–Crippen MR) is 109 cm³/mol. The van der Waals surface area contributed by atoms with E-state index in [0.29, 0.717) is 31.9 Å². The highest BCUT2D eigenvalue weighted by Gasteiger charge is 2.46. The van der Waals surface area contributed by atoms with Gasteiger partial charge in [-0.2, -0.15) is 0 Å². The first-order chi connectivity index (χ1) is 14.5. The standard InChI is InChI=1S/C23H25FN2O4/c1-29-18-6-8-19(9-7-18)30-15-22(27)25-10-12-26(13-11-25)23(28)21-14-20(21)16-2-4-17(24)5-3-16/h2-9,20-21H,10-15H2,1H3. The molecule has 2 amide bonds. The molecule has 0 aromatic heterocycles. The van der Waals surface area contributed by atoms with Crippen molar-refractivity contribution in [2.24, 2.45) is 5.92 Å². The highest BCUT2D eigenvalue weighted by Crippen LogP contribution is 2.48. The second-order valence-electron chi connectivity index (χ2n) is 7.67. The maximum atomic E-state index is 13.1. The van der Waals surface area contributed by atoms with Gasteiger partial charge >= 0.3 is 0 Å². The van der Waals surface area contributed by atoms with Crippen LogP contribution in [-0.4, -0.2) is 61.5 Å². The van der Waals surface area contributed by atoms with Crippen LogP contribution < -0.4 is 9.47 Å². The van der Waals surface area contributed by atoms with Gasteiger partial charge < -0.3 is 19.3 Å². The van der Waals surface area contributed by atoms with E-state index in [1.807, 2.05) is 4.90 Å². The zero-order valence-corrected chi connectivity index (χ0v) is 16.9. The Morgan fingerprint density at radius 1 is 0.933 bits per heavy atom. The molecule has 0 spiro atoms. The summed E-state index contributed by atoms with van der Waals surface area (Å²) in [6.45, 7) is 2.03. The number of amides is 2. The first-order valence-electron chi connectivity index (χ1n) is 10.1. The van der Waals surface area contributed by atoms with Crippen molar-refractivity contribution in [3.05, 3.63) is 59.9 Å². The molecule has 2 fully saturated rings. The van der Waals surface area contributed by atoms with Crippen LogP contribution in [-0.2, 0) is 9.59 Å². The topological polar surface area (TPSA) is 59.1 Å². The second kappa shape index (κ2) is 8.73. The van der Waals surface area contributed by atoms with Gasteiger partial charge in [0, 0.05) is 32.1 Å². The van der Waals surface area contributed by atoms with E-state index in [1.165, 1.54) is 12.1 Å². The quantitative estimate of drug-likeness (QED) is 0.732. The molecule has 1 aliphatic heterocycles. The van der Waals surface area contributed by atoms with Crippen molar-refractivity contribution in [3.8, 4) is 11.5 Å². The van der Waals surface area contributed by atoms with Crippen LogP contribution in [0.4, 0.5) is 4.39 Å². The van der Waals surface area contributed by atoms with Gasteiger partial charge in [-0.05, 0) is 54.3 Å². The van der Waals surface area contributed by atoms with Gasteiger partial charge in [0.15, 0.2) is 6.61 Å². The number of benzene rings is 2. The molecule has 2 aromatic rings. The number of nitrogens with zero attached hydrogens (tertiary/aromatic N) is 2. The number of piperazine rings is 1. The average Bonchev–Trinajstić information content (AvgIpc) is 3.59. The molecule has 2 atom stereocenters. The lowest BCUT2D eigenvalue weighted by Crippen LogP contribution is -2.52. The van der Waals surface area contributed by atoms with Crippen molar-refractivity contribution in [3.63, 3.8) is 0 Å². The van der Waals surface area contributed by atoms with Crippen molar-refractivity contribution in [1.82, 2.24) is 9.80 Å². The number of rotatable bonds is 6. The molecule has 7 heteroatoms. The molecule has 6 nitrogen and oxygen atoms in total. The minimum Gasteiger partial charge on any atom is -0.497 e. The number of hydrogen-bond donors (Lipinski definition) is 0. The minimum atomic E-state index is -0.265. The molecule has 0 N–H and O–H groups in total. The molecule has 0 radical (unpaired) electrons. The van der Waals surface area contributed by atoms with Crippen molar-refractivity contribution < 1.29 is 23.5 Å². The van der Waals surface area contributed by atoms with Gasteiger partial charge in [0.2, 0.25) is 5.91 Å². The fraction of sp³-hybridized carbons (Fsp3) is 0.391. The van der Waals surface area contributed by atoms with Crippen LogP contribution in [0, 0.1) is 11.7 Å². The Hall–Kier alpha value is -3.09. The van der Waals surface area contributed by atoms with Gasteiger partial charge in [0.05, 0.1) is 7.11 Å². The van der Waals surface area contributed by atoms with E-state index in [9.17, 15) is 14.0 Å². The zero-order chi connectivity index (χ0) is 21.1. The molecule has 4 rings (SSSR count). The van der Waals surface area contributed by atoms with Crippen LogP contribution in [0.2, 0.25) is 0 Å². The van der Waals surface area contributed by atoms with E-state index in [0.717, 1.165) is 17.7 Å². The Morgan fingerprint density at radius 2 is 1.53 bits per heavy atom. The van der Waals surface area contributed by atoms with Crippen LogP contribution in [0.5, 0.6) is 11.5 Å². The summed E-state index contributed by atoms with van der Waals surface area (Å²) >= 11 is 0. The molecule has 1 saturated heterocycles. The van der Waals surface area contributed by atoms with E-state index in [-0.39, 0.29) is 36.1 Å². The number of methoxy groups -OCH3 is 1. The Labute approximate surface area is 175 Å². The molecule has 1 heterocycles. The molecular weight excluding hydrogens is 387 g/mol. The Balaban J connectivity index is 1.22. The van der Waals surface area contributed by atoms with E-state index in [4.69, 9.17) is 9.47 Å². The minimum absolute atomic E-state index is 0.0314. The lowest BCUT2D eigenvalue weighted by Gasteiger charge is -2.35. The van der Waals surface area contributed by atoms with Crippen LogP contribution in [0.25, 0.3) is 0 Å². The lowest BCUT2D eigenvalue weighted by atomic mass is 10.1. The highest BCUT2D eigenvalue weighted by molar-refractivity contribution is 5.83. The Bertz CT molecular complexity index is 892. The first-order valence-corrected chi connectivity index (χ1v) is 10.1. The summed E-state index contributed by atoms with van der Waals surface area (Å²) in [7, 11) is 1.59. The van der Waals surface area contributed by atoms with Crippen molar-refractivity contribution in [2.75, 3.05) is 39.9 Å². The summed E-state index contributed by atoms with van der Waals surface area (Å²) in [5.74, 6) is 1.26. The first kappa shape index (κ1) is 20.2. The third-order valence-electron chi connectivity index (χ3n) is 5.77. The molecule has 0 bridgehead atoms. The van der Waals surface area contributed by atoms with E-state index in [2.05, 4.69) is 0 Å². The summed E-state index contributed by atoms with van der Waals surface area (Å²) in [6, 6.07) is 13.5. The zero-order valence-electron chi connectivity index (χ0n) is 16.9. The predicted octanol–water partition coefficient (Wildman–Crippen LogP) is 2.69. The summed E-state index contributed by atoms with van der Waals surface area (Å²) in [5, 5.41) is 0. The van der Waals surface area contributed by atoms with Gasteiger partial charge in [0.1, 0.15) is 17.3 Å². The van der Waals surface area contributed by atoms with Gasteiger partial charge in [-0.25, -0.2) is 4.39 Å². The van der Waals surface area contributed by atoms with Gasteiger partial charge in [0.25, 0.3) is 5.91 Å². The Kier molecular flexibility index (Phi) is 5.88. The van der Waals surface area contributed by atoms with Crippen molar-refractivity contribution in [2.45, 2.75) is 12.3 Å². The van der Waals surface area contributed by atoms with E-state index >= 15 is 0 Å². The number of halogens is 1. The molecule has 1 aliphatic carbocycles. The third kappa shape index (κ3) is 4.56. The second-order valence-corrected chi connectivity index (χ2v) is 7.67. The summed E-state index contributed by atoms with van der Waals surface area (Å²) in [5.41, 5.74) is 1.01. The summed E-state index contributed by atoms with van der Waals surface area (Å²) < 4.78 is 23.7. The smallest absolute Gasteiger partial charge is 0.260 e. The molecule has 2 unspecified atom stereocenters. The maximum Gasteiger partial charge on any atom is 0.260 e. The molecule has 30 heavy (non-hydrogen) atoms. The van der Waals surface area contributed by atoms with Gasteiger partial charge in [-0.15, -0.1) is 0 Å². The normalized spacial score (nSPS) is 20.6. The fourth-order valence-electron chi connectivity index (χ4n) is 3.87. The molecule has 158 valence electrons. The van der Waals surface area contributed by atoms with Crippen LogP contribution >= 0.6 is 0 Å². The van der Waals surface area contributed by atoms with E-state index in [1.54, 1.807) is 48.4 Å². The van der Waals surface area contributed by atoms with Crippen LogP contribution in [0.3, 0.4) is 0 Å². The number of carbonyl (C=O) groups excluding carboxylic acids is 2. The fourth-order valence-corrected chi connectivity index (χ4v) is 3.87. The van der Waals surface area contributed by atoms with Crippen LogP contribution in [0.15, 0.2) is 48.5 Å².